The summed E-state index contributed by atoms with van der Waals surface area (Å²) in [5.74, 6) is 2.89. The van der Waals surface area contributed by atoms with Gasteiger partial charge in [0.2, 0.25) is 0 Å². The van der Waals surface area contributed by atoms with Crippen LogP contribution in [0.3, 0.4) is 0 Å². The Morgan fingerprint density at radius 2 is 2.00 bits per heavy atom. The molecule has 0 aliphatic carbocycles. The van der Waals surface area contributed by atoms with Gasteiger partial charge in [-0.3, -0.25) is 9.30 Å². The zero-order valence-corrected chi connectivity index (χ0v) is 25.8. The fourth-order valence-corrected chi connectivity index (χ4v) is 8.69. The van der Waals surface area contributed by atoms with Gasteiger partial charge in [-0.05, 0) is 79.4 Å². The van der Waals surface area contributed by atoms with Crippen molar-refractivity contribution >= 4 is 39.0 Å². The fraction of sp³-hybridized carbons (Fsp3) is 0.361. The third-order valence-electron chi connectivity index (χ3n) is 10.7. The lowest BCUT2D eigenvalue weighted by molar-refractivity contribution is 0.108. The zero-order chi connectivity index (χ0) is 31.9. The van der Waals surface area contributed by atoms with Crippen LogP contribution in [0.25, 0.3) is 38.6 Å². The van der Waals surface area contributed by atoms with E-state index in [2.05, 4.69) is 21.0 Å². The normalized spacial score (nSPS) is 25.0. The van der Waals surface area contributed by atoms with E-state index in [9.17, 15) is 4.39 Å². The van der Waals surface area contributed by atoms with E-state index in [4.69, 9.17) is 31.8 Å². The Labute approximate surface area is 270 Å². The molecular formula is C36H34F2N8O. The van der Waals surface area contributed by atoms with Crippen molar-refractivity contribution in [3.8, 4) is 29.5 Å². The van der Waals surface area contributed by atoms with Crippen LogP contribution in [0, 0.1) is 18.2 Å². The van der Waals surface area contributed by atoms with Crippen molar-refractivity contribution in [1.82, 2.24) is 29.6 Å². The lowest BCUT2D eigenvalue weighted by Gasteiger charge is -2.37. The average Bonchev–Trinajstić information content (AvgIpc) is 3.84. The summed E-state index contributed by atoms with van der Waals surface area (Å²) in [7, 11) is 0. The number of hydrogen-bond acceptors (Lipinski definition) is 8. The minimum Gasteiger partial charge on any atom is -0.461 e. The number of fused-ring (bicyclic) bond motifs is 7. The SMILES string of the molecule is C#Cc1c(F)ccc2cc(N)cc(-c3cc4nc(OC[C@@]56CCCN5C/C(=C\F)C6)nc(N5[C@@H]6CC[C@H]5CNC6)c4n4ccnc34)c12. The van der Waals surface area contributed by atoms with Crippen LogP contribution in [-0.2, 0) is 0 Å². The molecule has 47 heavy (non-hydrogen) atoms. The highest BCUT2D eigenvalue weighted by molar-refractivity contribution is 6.07. The second-order valence-corrected chi connectivity index (χ2v) is 13.4. The maximum atomic E-state index is 15.1. The topological polar surface area (TPSA) is 96.8 Å². The van der Waals surface area contributed by atoms with Crippen molar-refractivity contribution in [2.75, 3.05) is 43.4 Å². The molecule has 4 aliphatic rings. The molecule has 4 saturated heterocycles. The van der Waals surface area contributed by atoms with Gasteiger partial charge in [0.1, 0.15) is 23.6 Å². The summed E-state index contributed by atoms with van der Waals surface area (Å²) < 4.78 is 37.2. The van der Waals surface area contributed by atoms with E-state index in [1.54, 1.807) is 18.3 Å². The quantitative estimate of drug-likeness (QED) is 0.202. The highest BCUT2D eigenvalue weighted by Gasteiger charge is 2.47. The van der Waals surface area contributed by atoms with E-state index in [1.165, 1.54) is 6.07 Å². The zero-order valence-electron chi connectivity index (χ0n) is 25.8. The number of halogens is 2. The monoisotopic (exact) mass is 632 g/mol. The molecule has 7 heterocycles. The smallest absolute Gasteiger partial charge is 0.319 e. The Balaban J connectivity index is 1.26. The fourth-order valence-electron chi connectivity index (χ4n) is 8.69. The van der Waals surface area contributed by atoms with E-state index >= 15 is 4.39 Å². The second-order valence-electron chi connectivity index (χ2n) is 13.4. The third-order valence-corrected chi connectivity index (χ3v) is 10.7. The molecule has 0 radical (unpaired) electrons. The summed E-state index contributed by atoms with van der Waals surface area (Å²) in [6.07, 6.45) is 15.0. The average molecular weight is 633 g/mol. The molecule has 0 spiro atoms. The van der Waals surface area contributed by atoms with E-state index in [-0.39, 0.29) is 29.2 Å². The van der Waals surface area contributed by atoms with Crippen LogP contribution in [0.15, 0.2) is 54.6 Å². The number of anilines is 2. The van der Waals surface area contributed by atoms with Gasteiger partial charge in [-0.1, -0.05) is 12.0 Å². The molecule has 2 aromatic carbocycles. The first-order valence-electron chi connectivity index (χ1n) is 16.3. The summed E-state index contributed by atoms with van der Waals surface area (Å²) in [4.78, 5) is 19.7. The van der Waals surface area contributed by atoms with E-state index in [0.29, 0.717) is 47.4 Å². The van der Waals surface area contributed by atoms with Gasteiger partial charge in [0.25, 0.3) is 0 Å². The van der Waals surface area contributed by atoms with E-state index in [1.807, 2.05) is 22.7 Å². The van der Waals surface area contributed by atoms with Crippen molar-refractivity contribution in [3.05, 3.63) is 66.0 Å². The van der Waals surface area contributed by atoms with Crippen LogP contribution in [0.1, 0.15) is 37.7 Å². The molecule has 11 heteroatoms. The number of nitrogens with zero attached hydrogens (tertiary/aromatic N) is 6. The van der Waals surface area contributed by atoms with Gasteiger partial charge in [-0.25, -0.2) is 13.8 Å². The summed E-state index contributed by atoms with van der Waals surface area (Å²) in [6, 6.07) is 9.51. The van der Waals surface area contributed by atoms with Crippen molar-refractivity contribution in [1.29, 1.82) is 0 Å². The second kappa shape index (κ2) is 10.6. The van der Waals surface area contributed by atoms with Crippen molar-refractivity contribution < 1.29 is 13.5 Å². The van der Waals surface area contributed by atoms with Gasteiger partial charge >= 0.3 is 6.01 Å². The molecule has 0 unspecified atom stereocenters. The Kier molecular flexibility index (Phi) is 6.42. The highest BCUT2D eigenvalue weighted by atomic mass is 19.1. The van der Waals surface area contributed by atoms with Crippen LogP contribution in [-0.4, -0.2) is 74.7 Å². The first-order chi connectivity index (χ1) is 23.0. The van der Waals surface area contributed by atoms with Crippen molar-refractivity contribution in [2.45, 2.75) is 49.7 Å². The number of pyridine rings is 1. The predicted molar refractivity (Wildman–Crippen MR) is 179 cm³/mol. The molecule has 3 atom stereocenters. The molecule has 2 bridgehead atoms. The molecule has 3 N–H and O–H groups in total. The molecule has 4 fully saturated rings. The number of terminal acetylenes is 1. The van der Waals surface area contributed by atoms with Gasteiger partial charge < -0.3 is 20.7 Å². The number of nitrogens with two attached hydrogens (primary N) is 1. The number of aromatic nitrogens is 4. The predicted octanol–water partition coefficient (Wildman–Crippen LogP) is 5.21. The third kappa shape index (κ3) is 4.31. The lowest BCUT2D eigenvalue weighted by Crippen LogP contribution is -2.52. The molecule has 4 aliphatic heterocycles. The number of rotatable bonds is 5. The van der Waals surface area contributed by atoms with Gasteiger partial charge in [0.15, 0.2) is 5.82 Å². The Bertz CT molecular complexity index is 2160. The molecule has 238 valence electrons. The number of hydrogen-bond donors (Lipinski definition) is 2. The van der Waals surface area contributed by atoms with Crippen LogP contribution < -0.4 is 20.7 Å². The molecule has 9 rings (SSSR count). The number of nitrogen functional groups attached to an aromatic ring is 1. The molecule has 3 aromatic heterocycles. The minimum atomic E-state index is -0.473. The number of benzene rings is 2. The number of imidazole rings is 1. The molecule has 0 saturated carbocycles. The molecule has 0 amide bonds. The summed E-state index contributed by atoms with van der Waals surface area (Å²) >= 11 is 0. The summed E-state index contributed by atoms with van der Waals surface area (Å²) in [6.45, 7) is 3.66. The van der Waals surface area contributed by atoms with Crippen LogP contribution in [0.2, 0.25) is 0 Å². The van der Waals surface area contributed by atoms with E-state index in [0.717, 1.165) is 79.5 Å². The first kappa shape index (κ1) is 28.4. The largest absolute Gasteiger partial charge is 0.461 e. The Morgan fingerprint density at radius 3 is 2.81 bits per heavy atom. The molecule has 9 nitrogen and oxygen atoms in total. The minimum absolute atomic E-state index is 0.172. The number of piperazine rings is 1. The number of nitrogens with one attached hydrogen (secondary N) is 1. The number of ether oxygens (including phenoxy) is 1. The first-order valence-corrected chi connectivity index (χ1v) is 16.3. The van der Waals surface area contributed by atoms with Crippen molar-refractivity contribution in [3.63, 3.8) is 0 Å². The van der Waals surface area contributed by atoms with Crippen LogP contribution >= 0.6 is 0 Å². The lowest BCUT2D eigenvalue weighted by atomic mass is 9.93. The maximum absolute atomic E-state index is 15.1. The summed E-state index contributed by atoms with van der Waals surface area (Å²) in [5, 5.41) is 4.90. The van der Waals surface area contributed by atoms with Gasteiger partial charge in [-0.15, -0.1) is 6.42 Å². The van der Waals surface area contributed by atoms with Gasteiger partial charge in [0.05, 0.1) is 22.9 Å². The summed E-state index contributed by atoms with van der Waals surface area (Å²) in [5.41, 5.74) is 11.2. The van der Waals surface area contributed by atoms with Crippen LogP contribution in [0.5, 0.6) is 6.01 Å². The van der Waals surface area contributed by atoms with E-state index < -0.39 is 5.82 Å². The Hall–Kier alpha value is -4.79. The Morgan fingerprint density at radius 1 is 1.15 bits per heavy atom. The van der Waals surface area contributed by atoms with Gasteiger partial charge in [0, 0.05) is 60.7 Å². The highest BCUT2D eigenvalue weighted by Crippen LogP contribution is 2.44. The van der Waals surface area contributed by atoms with Crippen LogP contribution in [0.4, 0.5) is 20.3 Å². The van der Waals surface area contributed by atoms with Crippen molar-refractivity contribution in [2.24, 2.45) is 0 Å². The standard InChI is InChI=1S/C36H34F2N8O/c1-2-26-29(38)7-4-22-12-23(39)13-27(31(22)26)28-14-30-32(45-11-9-41-33(28)45)34(46-24-5-6-25(46)18-40-17-24)43-35(42-30)47-20-36-8-3-10-44(36)19-21(15-36)16-37/h1,4,7,9,11-14,16,24-25,40H,3,5-6,8,10,15,17-20,39H2/b21-16-/t24-,25+,36-/m0/s1. The van der Waals surface area contributed by atoms with Gasteiger partial charge in [-0.2, -0.15) is 9.97 Å². The maximum Gasteiger partial charge on any atom is 0.319 e. The molecule has 5 aromatic rings. The molecular weight excluding hydrogens is 598 g/mol.